The van der Waals surface area contributed by atoms with Crippen LogP contribution >= 0.6 is 0 Å². The standard InChI is InChI=1S/C21H27N5O2/c1-23-11-12-26-19(21(23)28)13-18(22-26)20(27)24(2)14-16-7-3-4-8-17(16)15-25-9-5-6-10-25/h3-4,7-8,13H,5-6,9-12,14-15H2,1-2H3. The Morgan fingerprint density at radius 1 is 1.11 bits per heavy atom. The van der Waals surface area contributed by atoms with Gasteiger partial charge in [0.05, 0.1) is 6.54 Å². The van der Waals surface area contributed by atoms with Crippen molar-refractivity contribution in [2.24, 2.45) is 0 Å². The highest BCUT2D eigenvalue weighted by molar-refractivity contribution is 5.98. The van der Waals surface area contributed by atoms with Crippen molar-refractivity contribution in [3.8, 4) is 0 Å². The van der Waals surface area contributed by atoms with Crippen LogP contribution in [-0.2, 0) is 19.6 Å². The van der Waals surface area contributed by atoms with E-state index < -0.39 is 0 Å². The van der Waals surface area contributed by atoms with Crippen LogP contribution < -0.4 is 0 Å². The molecule has 1 fully saturated rings. The molecule has 0 unspecified atom stereocenters. The van der Waals surface area contributed by atoms with Crippen molar-refractivity contribution in [1.29, 1.82) is 0 Å². The van der Waals surface area contributed by atoms with Crippen molar-refractivity contribution in [2.45, 2.75) is 32.5 Å². The fourth-order valence-electron chi connectivity index (χ4n) is 3.98. The highest BCUT2D eigenvalue weighted by atomic mass is 16.2. The number of aromatic nitrogens is 2. The van der Waals surface area contributed by atoms with Gasteiger partial charge in [-0.15, -0.1) is 0 Å². The van der Waals surface area contributed by atoms with E-state index in [-0.39, 0.29) is 11.8 Å². The lowest BCUT2D eigenvalue weighted by atomic mass is 10.1. The number of amides is 2. The summed E-state index contributed by atoms with van der Waals surface area (Å²) in [6, 6.07) is 9.93. The molecule has 0 aliphatic carbocycles. The SMILES string of the molecule is CN(Cc1ccccc1CN1CCCC1)C(=O)c1cc2n(n1)CCN(C)C2=O. The highest BCUT2D eigenvalue weighted by Gasteiger charge is 2.27. The second-order valence-electron chi connectivity index (χ2n) is 7.78. The Kier molecular flexibility index (Phi) is 5.17. The third-order valence-corrected chi connectivity index (χ3v) is 5.68. The van der Waals surface area contributed by atoms with E-state index in [1.807, 2.05) is 6.07 Å². The maximum atomic E-state index is 12.9. The van der Waals surface area contributed by atoms with E-state index in [9.17, 15) is 9.59 Å². The summed E-state index contributed by atoms with van der Waals surface area (Å²) < 4.78 is 1.64. The Morgan fingerprint density at radius 3 is 2.57 bits per heavy atom. The minimum atomic E-state index is -0.159. The molecular formula is C21H27N5O2. The molecule has 3 heterocycles. The fourth-order valence-corrected chi connectivity index (χ4v) is 3.98. The van der Waals surface area contributed by atoms with E-state index in [4.69, 9.17) is 0 Å². The van der Waals surface area contributed by atoms with Crippen molar-refractivity contribution in [3.05, 3.63) is 52.8 Å². The molecule has 2 aromatic rings. The van der Waals surface area contributed by atoms with Gasteiger partial charge < -0.3 is 9.80 Å². The number of nitrogens with zero attached hydrogens (tertiary/aromatic N) is 5. The van der Waals surface area contributed by atoms with Gasteiger partial charge in [0, 0.05) is 39.8 Å². The summed E-state index contributed by atoms with van der Waals surface area (Å²) in [4.78, 5) is 31.0. The molecule has 0 spiro atoms. The van der Waals surface area contributed by atoms with Crippen LogP contribution in [0.4, 0.5) is 0 Å². The van der Waals surface area contributed by atoms with Gasteiger partial charge in [-0.3, -0.25) is 19.2 Å². The zero-order chi connectivity index (χ0) is 19.7. The van der Waals surface area contributed by atoms with E-state index in [1.165, 1.54) is 18.4 Å². The first-order valence-electron chi connectivity index (χ1n) is 9.91. The Bertz CT molecular complexity index is 885. The molecule has 148 valence electrons. The van der Waals surface area contributed by atoms with Crippen molar-refractivity contribution in [2.75, 3.05) is 33.7 Å². The number of hydrogen-bond donors (Lipinski definition) is 0. The smallest absolute Gasteiger partial charge is 0.274 e. The van der Waals surface area contributed by atoms with Gasteiger partial charge in [-0.1, -0.05) is 24.3 Å². The molecule has 2 aliphatic rings. The van der Waals surface area contributed by atoms with Crippen LogP contribution in [0.15, 0.2) is 30.3 Å². The molecule has 1 aromatic carbocycles. The maximum absolute atomic E-state index is 12.9. The number of fused-ring (bicyclic) bond motifs is 1. The number of benzene rings is 1. The van der Waals surface area contributed by atoms with E-state index in [1.54, 1.807) is 34.6 Å². The molecule has 1 aromatic heterocycles. The Morgan fingerprint density at radius 2 is 1.82 bits per heavy atom. The second kappa shape index (κ2) is 7.75. The number of rotatable bonds is 5. The summed E-state index contributed by atoms with van der Waals surface area (Å²) in [5, 5.41) is 4.37. The average molecular weight is 381 g/mol. The predicted octanol–water partition coefficient (Wildman–Crippen LogP) is 1.84. The summed E-state index contributed by atoms with van der Waals surface area (Å²) in [7, 11) is 3.56. The fraction of sp³-hybridized carbons (Fsp3) is 0.476. The van der Waals surface area contributed by atoms with Crippen LogP contribution in [-0.4, -0.2) is 70.0 Å². The molecular weight excluding hydrogens is 354 g/mol. The third kappa shape index (κ3) is 3.67. The number of hydrogen-bond acceptors (Lipinski definition) is 4. The summed E-state index contributed by atoms with van der Waals surface area (Å²) >= 11 is 0. The first-order valence-corrected chi connectivity index (χ1v) is 9.91. The minimum Gasteiger partial charge on any atom is -0.339 e. The van der Waals surface area contributed by atoms with Gasteiger partial charge in [-0.05, 0) is 37.1 Å². The first kappa shape index (κ1) is 18.7. The molecule has 0 radical (unpaired) electrons. The molecule has 0 N–H and O–H groups in total. The average Bonchev–Trinajstić information content (AvgIpc) is 3.35. The molecule has 2 amide bonds. The minimum absolute atomic E-state index is 0.0867. The molecule has 7 heteroatoms. The van der Waals surface area contributed by atoms with E-state index >= 15 is 0 Å². The van der Waals surface area contributed by atoms with Crippen LogP contribution in [0, 0.1) is 0 Å². The molecule has 2 aliphatic heterocycles. The maximum Gasteiger partial charge on any atom is 0.274 e. The molecule has 0 bridgehead atoms. The van der Waals surface area contributed by atoms with Gasteiger partial charge in [0.25, 0.3) is 11.8 Å². The summed E-state index contributed by atoms with van der Waals surface area (Å²) in [5.74, 6) is -0.246. The normalized spacial score (nSPS) is 17.1. The lowest BCUT2D eigenvalue weighted by Gasteiger charge is -2.22. The van der Waals surface area contributed by atoms with Crippen LogP contribution in [0.25, 0.3) is 0 Å². The van der Waals surface area contributed by atoms with Gasteiger partial charge in [0.15, 0.2) is 5.69 Å². The van der Waals surface area contributed by atoms with E-state index in [0.29, 0.717) is 31.0 Å². The number of carbonyl (C=O) groups is 2. The summed E-state index contributed by atoms with van der Waals surface area (Å²) in [5.41, 5.74) is 3.24. The number of carbonyl (C=O) groups excluding carboxylic acids is 2. The molecule has 4 rings (SSSR count). The monoisotopic (exact) mass is 381 g/mol. The van der Waals surface area contributed by atoms with Crippen molar-refractivity contribution >= 4 is 11.8 Å². The van der Waals surface area contributed by atoms with Crippen molar-refractivity contribution in [3.63, 3.8) is 0 Å². The van der Waals surface area contributed by atoms with Crippen LogP contribution in [0.3, 0.4) is 0 Å². The quantitative estimate of drug-likeness (QED) is 0.793. The van der Waals surface area contributed by atoms with Gasteiger partial charge >= 0.3 is 0 Å². The molecule has 1 saturated heterocycles. The van der Waals surface area contributed by atoms with Crippen LogP contribution in [0.2, 0.25) is 0 Å². The lowest BCUT2D eigenvalue weighted by molar-refractivity contribution is 0.0738. The molecule has 0 atom stereocenters. The Hall–Kier alpha value is -2.67. The van der Waals surface area contributed by atoms with Gasteiger partial charge in [-0.25, -0.2) is 0 Å². The first-order chi connectivity index (χ1) is 13.5. The second-order valence-corrected chi connectivity index (χ2v) is 7.78. The zero-order valence-corrected chi connectivity index (χ0v) is 16.6. The summed E-state index contributed by atoms with van der Waals surface area (Å²) in [6.07, 6.45) is 2.53. The van der Waals surface area contributed by atoms with Gasteiger partial charge in [-0.2, -0.15) is 5.10 Å². The van der Waals surface area contributed by atoms with Gasteiger partial charge in [0.1, 0.15) is 5.69 Å². The number of likely N-dealkylation sites (tertiary alicyclic amines) is 1. The predicted molar refractivity (Wildman–Crippen MR) is 106 cm³/mol. The molecule has 28 heavy (non-hydrogen) atoms. The largest absolute Gasteiger partial charge is 0.339 e. The Labute approximate surface area is 165 Å². The molecule has 0 saturated carbocycles. The molecule has 7 nitrogen and oxygen atoms in total. The Balaban J connectivity index is 1.48. The lowest BCUT2D eigenvalue weighted by Crippen LogP contribution is -2.37. The van der Waals surface area contributed by atoms with Crippen molar-refractivity contribution in [1.82, 2.24) is 24.5 Å². The van der Waals surface area contributed by atoms with Crippen molar-refractivity contribution < 1.29 is 9.59 Å². The van der Waals surface area contributed by atoms with Crippen LogP contribution in [0.5, 0.6) is 0 Å². The van der Waals surface area contributed by atoms with Crippen LogP contribution in [0.1, 0.15) is 44.9 Å². The summed E-state index contributed by atoms with van der Waals surface area (Å²) in [6.45, 7) is 4.97. The topological polar surface area (TPSA) is 61.7 Å². The number of likely N-dealkylation sites (N-methyl/N-ethyl adjacent to an activating group) is 1. The van der Waals surface area contributed by atoms with E-state index in [2.05, 4.69) is 28.2 Å². The van der Waals surface area contributed by atoms with Gasteiger partial charge in [0.2, 0.25) is 0 Å². The highest BCUT2D eigenvalue weighted by Crippen LogP contribution is 2.19. The zero-order valence-electron chi connectivity index (χ0n) is 16.6. The third-order valence-electron chi connectivity index (χ3n) is 5.68. The van der Waals surface area contributed by atoms with E-state index in [0.717, 1.165) is 25.2 Å².